The summed E-state index contributed by atoms with van der Waals surface area (Å²) in [4.78, 5) is 16.2. The van der Waals surface area contributed by atoms with Crippen LogP contribution in [0.4, 0.5) is 13.2 Å². The lowest BCUT2D eigenvalue weighted by Crippen LogP contribution is -2.61. The highest BCUT2D eigenvalue weighted by molar-refractivity contribution is 7.98. The van der Waals surface area contributed by atoms with E-state index in [0.29, 0.717) is 23.4 Å². The second-order valence-corrected chi connectivity index (χ2v) is 15.3. The number of piperidine rings is 2. The van der Waals surface area contributed by atoms with E-state index >= 15 is 0 Å². The standard InChI is InChI=1S/C31H49F3N6O2S/c1-29(2)18-21-6-4-15-35-24-8-3-9-26(37-24)43-36-19-22-10-11-25(38-27(22)40(29)20-21)39-16-5-7-23(28(39)41)42-17-14-30(12-13-30)31(32,33)34/h5,7,16,21-22,24-27,35-38H,3-4,6,8-15,17-20H2,1-2H3/t21-,22?,24?,25?,26?,27?/m0/s1. The molecule has 1 aromatic rings. The zero-order valence-corrected chi connectivity index (χ0v) is 26.4. The number of hydrogen-bond donors (Lipinski definition) is 4. The molecule has 4 N–H and O–H groups in total. The van der Waals surface area contributed by atoms with E-state index in [1.807, 2.05) is 11.9 Å². The number of halogens is 3. The first-order valence-corrected chi connectivity index (χ1v) is 17.2. The van der Waals surface area contributed by atoms with Gasteiger partial charge in [-0.05, 0) is 109 Å². The van der Waals surface area contributed by atoms with Gasteiger partial charge < -0.3 is 10.1 Å². The molecule has 8 nitrogen and oxygen atoms in total. The average Bonchev–Trinajstić information content (AvgIpc) is 3.70. The Bertz CT molecular complexity index is 1160. The quantitative estimate of drug-likeness (QED) is 0.343. The normalized spacial score (nSPS) is 36.2. The van der Waals surface area contributed by atoms with Gasteiger partial charge in [0, 0.05) is 30.7 Å². The van der Waals surface area contributed by atoms with E-state index in [2.05, 4.69) is 39.4 Å². The highest BCUT2D eigenvalue weighted by Crippen LogP contribution is 2.59. The fourth-order valence-corrected chi connectivity index (χ4v) is 8.95. The maximum atomic E-state index is 13.5. The van der Waals surface area contributed by atoms with Gasteiger partial charge in [0.15, 0.2) is 5.75 Å². The monoisotopic (exact) mass is 626 g/mol. The van der Waals surface area contributed by atoms with Crippen LogP contribution < -0.4 is 31.0 Å². The number of aromatic nitrogens is 1. The van der Waals surface area contributed by atoms with Crippen LogP contribution >= 0.6 is 11.9 Å². The van der Waals surface area contributed by atoms with Crippen molar-refractivity contribution in [1.29, 1.82) is 0 Å². The molecule has 6 rings (SSSR count). The molecule has 1 saturated carbocycles. The summed E-state index contributed by atoms with van der Waals surface area (Å²) in [6.07, 6.45) is 6.83. The summed E-state index contributed by atoms with van der Waals surface area (Å²) in [6, 6.07) is 3.35. The van der Waals surface area contributed by atoms with E-state index in [9.17, 15) is 18.0 Å². The molecule has 0 spiro atoms. The lowest BCUT2D eigenvalue weighted by Gasteiger charge is -2.47. The molecule has 5 heterocycles. The summed E-state index contributed by atoms with van der Waals surface area (Å²) in [5.41, 5.74) is -1.89. The molecule has 12 heteroatoms. The van der Waals surface area contributed by atoms with Crippen LogP contribution in [-0.4, -0.2) is 65.1 Å². The highest BCUT2D eigenvalue weighted by atomic mass is 32.2. The van der Waals surface area contributed by atoms with Crippen molar-refractivity contribution < 1.29 is 17.9 Å². The van der Waals surface area contributed by atoms with E-state index in [-0.39, 0.29) is 55.0 Å². The second kappa shape index (κ2) is 12.8. The van der Waals surface area contributed by atoms with E-state index < -0.39 is 11.6 Å². The Morgan fingerprint density at radius 3 is 2.72 bits per heavy atom. The molecule has 5 fully saturated rings. The molecule has 242 valence electrons. The van der Waals surface area contributed by atoms with Crippen molar-refractivity contribution in [3.63, 3.8) is 0 Å². The van der Waals surface area contributed by atoms with Crippen molar-refractivity contribution in [3.05, 3.63) is 28.7 Å². The van der Waals surface area contributed by atoms with Crippen molar-refractivity contribution >= 4 is 11.9 Å². The van der Waals surface area contributed by atoms with Crippen molar-refractivity contribution in [2.24, 2.45) is 17.3 Å². The smallest absolute Gasteiger partial charge is 0.394 e. The van der Waals surface area contributed by atoms with Gasteiger partial charge in [-0.1, -0.05) is 11.9 Å². The molecule has 43 heavy (non-hydrogen) atoms. The van der Waals surface area contributed by atoms with Gasteiger partial charge in [0.25, 0.3) is 5.56 Å². The molecule has 5 aliphatic rings. The summed E-state index contributed by atoms with van der Waals surface area (Å²) in [5.74, 6) is 1.12. The summed E-state index contributed by atoms with van der Waals surface area (Å²) < 4.78 is 51.2. The van der Waals surface area contributed by atoms with Gasteiger partial charge in [0.05, 0.1) is 35.9 Å². The molecule has 7 atom stereocenters. The van der Waals surface area contributed by atoms with Gasteiger partial charge in [-0.25, -0.2) is 0 Å². The number of rotatable bonds is 5. The minimum Gasteiger partial charge on any atom is -0.488 e. The number of nitrogens with zero attached hydrogens (tertiary/aromatic N) is 2. The van der Waals surface area contributed by atoms with Crippen LogP contribution in [0.3, 0.4) is 0 Å². The third-order valence-electron chi connectivity index (χ3n) is 10.6. The fourth-order valence-electron chi connectivity index (χ4n) is 7.92. The predicted molar refractivity (Wildman–Crippen MR) is 164 cm³/mol. The van der Waals surface area contributed by atoms with Gasteiger partial charge in [-0.2, -0.15) is 13.2 Å². The number of hydrogen-bond acceptors (Lipinski definition) is 8. The fraction of sp³-hybridized carbons (Fsp3) is 0.839. The first-order chi connectivity index (χ1) is 20.5. The average molecular weight is 627 g/mol. The lowest BCUT2D eigenvalue weighted by molar-refractivity contribution is -0.190. The SMILES string of the molecule is CC1(C)C[C@@H]2CCCNC3CCCC(N3)SNCC3CCC(n4cccc(OCCC5(C(F)(F)F)CC5)c4=O)NC3N1C2. The number of pyridine rings is 1. The van der Waals surface area contributed by atoms with Crippen molar-refractivity contribution in [2.45, 2.75) is 120 Å². The van der Waals surface area contributed by atoms with Gasteiger partial charge in [-0.15, -0.1) is 0 Å². The molecule has 4 bridgehead atoms. The first kappa shape index (κ1) is 31.7. The Balaban J connectivity index is 1.17. The van der Waals surface area contributed by atoms with Gasteiger partial charge in [0.1, 0.15) is 0 Å². The summed E-state index contributed by atoms with van der Waals surface area (Å²) in [6.45, 7) is 7.53. The molecule has 0 amide bonds. The third kappa shape index (κ3) is 7.09. The Morgan fingerprint density at radius 1 is 1.09 bits per heavy atom. The molecule has 4 aliphatic heterocycles. The van der Waals surface area contributed by atoms with E-state index in [1.165, 1.54) is 25.7 Å². The molecule has 1 aromatic heterocycles. The number of fused-ring (bicyclic) bond motifs is 6. The molecule has 6 unspecified atom stereocenters. The van der Waals surface area contributed by atoms with Gasteiger partial charge >= 0.3 is 6.18 Å². The molecule has 4 saturated heterocycles. The number of ether oxygens (including phenoxy) is 1. The Morgan fingerprint density at radius 2 is 1.93 bits per heavy atom. The van der Waals surface area contributed by atoms with Gasteiger partial charge in [-0.3, -0.25) is 29.6 Å². The summed E-state index contributed by atoms with van der Waals surface area (Å²) in [5, 5.41) is 11.8. The molecule has 0 aromatic carbocycles. The van der Waals surface area contributed by atoms with E-state index in [0.717, 1.165) is 45.3 Å². The number of alkyl halides is 3. The Hall–Kier alpha value is -1.31. The first-order valence-electron chi connectivity index (χ1n) is 16.4. The van der Waals surface area contributed by atoms with E-state index in [1.54, 1.807) is 22.9 Å². The zero-order valence-electron chi connectivity index (χ0n) is 25.6. The van der Waals surface area contributed by atoms with E-state index in [4.69, 9.17) is 4.74 Å². The predicted octanol–water partition coefficient (Wildman–Crippen LogP) is 4.93. The van der Waals surface area contributed by atoms with Crippen LogP contribution in [0.5, 0.6) is 5.75 Å². The van der Waals surface area contributed by atoms with Crippen molar-refractivity contribution in [2.75, 3.05) is 26.2 Å². The molecule has 0 radical (unpaired) electrons. The highest BCUT2D eigenvalue weighted by Gasteiger charge is 2.62. The van der Waals surface area contributed by atoms with Crippen LogP contribution in [0.25, 0.3) is 0 Å². The van der Waals surface area contributed by atoms with Crippen LogP contribution in [0.1, 0.15) is 90.6 Å². The molecular weight excluding hydrogens is 577 g/mol. The minimum atomic E-state index is -4.22. The maximum Gasteiger partial charge on any atom is 0.394 e. The van der Waals surface area contributed by atoms with Crippen LogP contribution in [-0.2, 0) is 0 Å². The second-order valence-electron chi connectivity index (χ2n) is 14.2. The van der Waals surface area contributed by atoms with Crippen LogP contribution in [0, 0.1) is 17.3 Å². The topological polar surface area (TPSA) is 82.6 Å². The van der Waals surface area contributed by atoms with Crippen LogP contribution in [0.15, 0.2) is 23.1 Å². The van der Waals surface area contributed by atoms with Crippen molar-refractivity contribution in [1.82, 2.24) is 30.1 Å². The number of nitrogens with one attached hydrogen (secondary N) is 4. The Labute approximate surface area is 257 Å². The maximum absolute atomic E-state index is 13.5. The van der Waals surface area contributed by atoms with Crippen LogP contribution in [0.2, 0.25) is 0 Å². The Kier molecular flexibility index (Phi) is 9.45. The third-order valence-corrected chi connectivity index (χ3v) is 11.6. The van der Waals surface area contributed by atoms with Gasteiger partial charge in [0.2, 0.25) is 0 Å². The largest absolute Gasteiger partial charge is 0.488 e. The van der Waals surface area contributed by atoms with Crippen molar-refractivity contribution in [3.8, 4) is 5.75 Å². The summed E-state index contributed by atoms with van der Waals surface area (Å²) >= 11 is 1.81. The molecule has 1 aliphatic carbocycles. The zero-order chi connectivity index (χ0) is 30.2. The lowest BCUT2D eigenvalue weighted by atomic mass is 9.90. The minimum absolute atomic E-state index is 0.0331. The molecular formula is C31H49F3N6O2S. The summed E-state index contributed by atoms with van der Waals surface area (Å²) in [7, 11) is 0.